The molecule has 212 valence electrons. The van der Waals surface area contributed by atoms with Gasteiger partial charge in [-0.05, 0) is 109 Å². The molecule has 0 radical (unpaired) electrons. The molecule has 4 aromatic rings. The van der Waals surface area contributed by atoms with E-state index in [2.05, 4.69) is 70.2 Å². The molecule has 0 saturated carbocycles. The van der Waals surface area contributed by atoms with Gasteiger partial charge in [-0.2, -0.15) is 0 Å². The molecule has 0 atom stereocenters. The number of hydrogen-bond donors (Lipinski definition) is 1. The lowest BCUT2D eigenvalue weighted by Gasteiger charge is -2.33. The summed E-state index contributed by atoms with van der Waals surface area (Å²) in [5, 5.41) is 8.59. The van der Waals surface area contributed by atoms with Crippen molar-refractivity contribution in [2.45, 2.75) is 38.5 Å². The van der Waals surface area contributed by atoms with Crippen LogP contribution in [0, 0.1) is 5.92 Å². The molecule has 6 rings (SSSR count). The summed E-state index contributed by atoms with van der Waals surface area (Å²) < 4.78 is 0. The standard InChI is InChI=1S/C36H40ClN3O/c1-26(38-17-8-20-39-18-6-7-19-39)28-13-14-31(34(37)25-28)23-27-15-21-40(22-16-27)36(41)35-32-11-4-2-9-29(32)24-30-10-3-5-12-33(30)35/h2-5,9-14,24-25,27,38H,1,6-8,15-23H2. The van der Waals surface area contributed by atoms with Gasteiger partial charge in [-0.25, -0.2) is 0 Å². The van der Waals surface area contributed by atoms with Crippen molar-refractivity contribution < 1.29 is 4.79 Å². The van der Waals surface area contributed by atoms with Crippen molar-refractivity contribution in [3.8, 4) is 0 Å². The van der Waals surface area contributed by atoms with Gasteiger partial charge in [-0.3, -0.25) is 4.79 Å². The largest absolute Gasteiger partial charge is 0.385 e. The molecular weight excluding hydrogens is 526 g/mol. The average Bonchev–Trinajstić information content (AvgIpc) is 3.53. The van der Waals surface area contributed by atoms with Crippen molar-refractivity contribution in [3.63, 3.8) is 0 Å². The van der Waals surface area contributed by atoms with Gasteiger partial charge in [0.1, 0.15) is 0 Å². The van der Waals surface area contributed by atoms with E-state index in [4.69, 9.17) is 11.6 Å². The smallest absolute Gasteiger partial charge is 0.255 e. The Hall–Kier alpha value is -3.34. The average molecular weight is 566 g/mol. The second kappa shape index (κ2) is 12.7. The first-order valence-corrected chi connectivity index (χ1v) is 15.6. The molecule has 1 amide bonds. The van der Waals surface area contributed by atoms with Gasteiger partial charge in [0, 0.05) is 30.4 Å². The molecule has 4 nitrogen and oxygen atoms in total. The number of piperidine rings is 1. The Morgan fingerprint density at radius 1 is 0.878 bits per heavy atom. The number of carbonyl (C=O) groups excluding carboxylic acids is 1. The SMILES string of the molecule is C=C(NCCCN1CCCC1)c1ccc(CC2CCN(C(=O)c3c4ccccc4cc4ccccc34)CC2)c(Cl)c1. The Morgan fingerprint density at radius 3 is 2.20 bits per heavy atom. The maximum Gasteiger partial charge on any atom is 0.255 e. The number of halogens is 1. The third kappa shape index (κ3) is 6.29. The number of benzene rings is 4. The molecule has 0 unspecified atom stereocenters. The van der Waals surface area contributed by atoms with Crippen molar-refractivity contribution in [2.24, 2.45) is 5.92 Å². The Bertz CT molecular complexity index is 1500. The molecule has 2 aliphatic heterocycles. The van der Waals surface area contributed by atoms with E-state index in [9.17, 15) is 4.79 Å². The highest BCUT2D eigenvalue weighted by Crippen LogP contribution is 2.32. The summed E-state index contributed by atoms with van der Waals surface area (Å²) in [7, 11) is 0. The first-order valence-electron chi connectivity index (χ1n) is 15.2. The molecule has 1 N–H and O–H groups in total. The normalized spacial score (nSPS) is 16.5. The van der Waals surface area contributed by atoms with Crippen molar-refractivity contribution in [1.82, 2.24) is 15.1 Å². The maximum atomic E-state index is 13.9. The molecular formula is C36H40ClN3O. The Kier molecular flexibility index (Phi) is 8.59. The third-order valence-electron chi connectivity index (χ3n) is 8.99. The van der Waals surface area contributed by atoms with E-state index in [-0.39, 0.29) is 5.91 Å². The quantitative estimate of drug-likeness (QED) is 0.166. The minimum atomic E-state index is 0.144. The molecule has 4 aromatic carbocycles. The second-order valence-electron chi connectivity index (χ2n) is 11.7. The van der Waals surface area contributed by atoms with Gasteiger partial charge in [0.2, 0.25) is 0 Å². The van der Waals surface area contributed by atoms with Crippen molar-refractivity contribution in [1.29, 1.82) is 0 Å². The summed E-state index contributed by atoms with van der Waals surface area (Å²) in [6.07, 6.45) is 6.71. The van der Waals surface area contributed by atoms with Gasteiger partial charge < -0.3 is 15.1 Å². The predicted molar refractivity (Wildman–Crippen MR) is 173 cm³/mol. The molecule has 2 heterocycles. The summed E-state index contributed by atoms with van der Waals surface area (Å²) >= 11 is 6.77. The van der Waals surface area contributed by atoms with Gasteiger partial charge in [0.15, 0.2) is 0 Å². The molecule has 0 aliphatic carbocycles. The van der Waals surface area contributed by atoms with Crippen molar-refractivity contribution in [3.05, 3.63) is 101 Å². The summed E-state index contributed by atoms with van der Waals surface area (Å²) in [5.41, 5.74) is 4.01. The molecule has 0 spiro atoms. The lowest BCUT2D eigenvalue weighted by Crippen LogP contribution is -2.39. The van der Waals surface area contributed by atoms with E-state index in [1.165, 1.54) is 31.5 Å². The van der Waals surface area contributed by atoms with E-state index >= 15 is 0 Å². The Morgan fingerprint density at radius 2 is 1.54 bits per heavy atom. The van der Waals surface area contributed by atoms with Gasteiger partial charge in [0.25, 0.3) is 5.91 Å². The van der Waals surface area contributed by atoms with Crippen LogP contribution in [-0.2, 0) is 6.42 Å². The number of nitrogens with one attached hydrogen (secondary N) is 1. The predicted octanol–water partition coefficient (Wildman–Crippen LogP) is 7.79. The number of carbonyl (C=O) groups is 1. The van der Waals surface area contributed by atoms with Crippen LogP contribution in [0.2, 0.25) is 5.02 Å². The molecule has 2 saturated heterocycles. The fraction of sp³-hybridized carbons (Fsp3) is 0.361. The number of likely N-dealkylation sites (tertiary alicyclic amines) is 2. The number of nitrogens with zero attached hydrogens (tertiary/aromatic N) is 2. The van der Waals surface area contributed by atoms with Gasteiger partial charge in [0.05, 0.1) is 5.56 Å². The van der Waals surface area contributed by atoms with Gasteiger partial charge >= 0.3 is 0 Å². The number of amides is 1. The zero-order chi connectivity index (χ0) is 28.2. The third-order valence-corrected chi connectivity index (χ3v) is 9.34. The Balaban J connectivity index is 1.05. The zero-order valence-corrected chi connectivity index (χ0v) is 24.6. The molecule has 0 bridgehead atoms. The van der Waals surface area contributed by atoms with Crippen LogP contribution < -0.4 is 5.32 Å². The lowest BCUT2D eigenvalue weighted by molar-refractivity contribution is 0.0694. The lowest BCUT2D eigenvalue weighted by atomic mass is 9.89. The van der Waals surface area contributed by atoms with Gasteiger partial charge in [-0.15, -0.1) is 0 Å². The molecule has 0 aromatic heterocycles. The van der Waals surface area contributed by atoms with Crippen molar-refractivity contribution >= 4 is 44.8 Å². The van der Waals surface area contributed by atoms with E-state index < -0.39 is 0 Å². The number of rotatable bonds is 9. The zero-order valence-electron chi connectivity index (χ0n) is 23.9. The van der Waals surface area contributed by atoms with Crippen LogP contribution in [0.5, 0.6) is 0 Å². The van der Waals surface area contributed by atoms with Crippen LogP contribution >= 0.6 is 11.6 Å². The highest BCUT2D eigenvalue weighted by Gasteiger charge is 2.26. The molecule has 2 fully saturated rings. The topological polar surface area (TPSA) is 35.6 Å². The number of hydrogen-bond acceptors (Lipinski definition) is 3. The Labute approximate surface area is 249 Å². The molecule has 2 aliphatic rings. The van der Waals surface area contributed by atoms with Crippen LogP contribution in [0.4, 0.5) is 0 Å². The first-order chi connectivity index (χ1) is 20.1. The molecule has 5 heteroatoms. The highest BCUT2D eigenvalue weighted by atomic mass is 35.5. The molecule has 41 heavy (non-hydrogen) atoms. The first kappa shape index (κ1) is 27.8. The van der Waals surface area contributed by atoms with Crippen LogP contribution in [0.25, 0.3) is 27.2 Å². The second-order valence-corrected chi connectivity index (χ2v) is 12.2. The summed E-state index contributed by atoms with van der Waals surface area (Å²) in [6, 6.07) is 25.0. The summed E-state index contributed by atoms with van der Waals surface area (Å²) in [6.45, 7) is 10.4. The number of fused-ring (bicyclic) bond motifs is 2. The van der Waals surface area contributed by atoms with Crippen LogP contribution in [-0.4, -0.2) is 55.0 Å². The van der Waals surface area contributed by atoms with Gasteiger partial charge in [-0.1, -0.05) is 78.8 Å². The van der Waals surface area contributed by atoms with Crippen molar-refractivity contribution in [2.75, 3.05) is 39.3 Å². The van der Waals surface area contributed by atoms with E-state index in [0.29, 0.717) is 5.92 Å². The summed E-state index contributed by atoms with van der Waals surface area (Å²) in [5.74, 6) is 0.656. The maximum absolute atomic E-state index is 13.9. The summed E-state index contributed by atoms with van der Waals surface area (Å²) in [4.78, 5) is 18.5. The fourth-order valence-corrected chi connectivity index (χ4v) is 6.86. The van der Waals surface area contributed by atoms with Crippen LogP contribution in [0.3, 0.4) is 0 Å². The monoisotopic (exact) mass is 565 g/mol. The fourth-order valence-electron chi connectivity index (χ4n) is 6.60. The highest BCUT2D eigenvalue weighted by molar-refractivity contribution is 6.31. The van der Waals surface area contributed by atoms with Crippen LogP contribution in [0.1, 0.15) is 53.6 Å². The van der Waals surface area contributed by atoms with E-state index in [1.807, 2.05) is 24.3 Å². The van der Waals surface area contributed by atoms with E-state index in [0.717, 1.165) is 95.3 Å². The van der Waals surface area contributed by atoms with Crippen LogP contribution in [0.15, 0.2) is 79.4 Å². The minimum absolute atomic E-state index is 0.144. The van der Waals surface area contributed by atoms with E-state index in [1.54, 1.807) is 0 Å². The minimum Gasteiger partial charge on any atom is -0.385 e.